The molecule has 0 fully saturated rings. The average molecular weight is 643 g/mol. The van der Waals surface area contributed by atoms with Gasteiger partial charge in [0.15, 0.2) is 11.5 Å². The minimum absolute atomic E-state index is 0.0872. The lowest BCUT2D eigenvalue weighted by Gasteiger charge is -2.14. The van der Waals surface area contributed by atoms with Crippen molar-refractivity contribution in [1.82, 2.24) is 9.55 Å². The first-order chi connectivity index (χ1) is 23.0. The number of nitrogens with zero attached hydrogens (tertiary/aromatic N) is 2. The van der Waals surface area contributed by atoms with Gasteiger partial charge in [0.2, 0.25) is 11.1 Å². The molecule has 47 heavy (non-hydrogen) atoms. The number of para-hydroxylation sites is 2. The van der Waals surface area contributed by atoms with E-state index in [0.29, 0.717) is 41.2 Å². The molecule has 2 aromatic heterocycles. The predicted octanol–water partition coefficient (Wildman–Crippen LogP) is 9.49. The second kappa shape index (κ2) is 13.1. The SMILES string of the molecule is COc1cc(Cn2c3ccccc3c3c(Oc4ccccc4CC(=O)Cl)cccc32)ccc1OCc1nc(-c2ccccc2)oc1C. The summed E-state index contributed by atoms with van der Waals surface area (Å²) in [5.74, 6) is 3.83. The van der Waals surface area contributed by atoms with Crippen LogP contribution in [0.15, 0.2) is 120 Å². The van der Waals surface area contributed by atoms with E-state index in [4.69, 9.17) is 30.2 Å². The third-order valence-corrected chi connectivity index (χ3v) is 8.26. The van der Waals surface area contributed by atoms with Gasteiger partial charge in [-0.1, -0.05) is 66.7 Å². The number of carbonyl (C=O) groups is 1. The summed E-state index contributed by atoms with van der Waals surface area (Å²) in [7, 11) is 1.64. The smallest absolute Gasteiger partial charge is 0.226 e. The lowest BCUT2D eigenvalue weighted by atomic mass is 10.1. The zero-order valence-corrected chi connectivity index (χ0v) is 26.7. The first-order valence-electron chi connectivity index (χ1n) is 15.2. The Hall–Kier alpha value is -5.53. The Morgan fingerprint density at radius 3 is 2.38 bits per heavy atom. The Bertz CT molecular complexity index is 2220. The maximum atomic E-state index is 11.7. The highest BCUT2D eigenvalue weighted by Crippen LogP contribution is 2.39. The fourth-order valence-corrected chi connectivity index (χ4v) is 6.01. The monoisotopic (exact) mass is 642 g/mol. The first kappa shape index (κ1) is 30.1. The topological polar surface area (TPSA) is 75.7 Å². The molecule has 2 heterocycles. The molecule has 0 saturated heterocycles. The van der Waals surface area contributed by atoms with E-state index < -0.39 is 5.24 Å². The molecule has 234 valence electrons. The second-order valence-corrected chi connectivity index (χ2v) is 11.6. The molecule has 7 nitrogen and oxygen atoms in total. The van der Waals surface area contributed by atoms with Gasteiger partial charge in [-0.3, -0.25) is 4.79 Å². The Labute approximate surface area is 276 Å². The van der Waals surface area contributed by atoms with Crippen LogP contribution >= 0.6 is 11.6 Å². The lowest BCUT2D eigenvalue weighted by molar-refractivity contribution is -0.111. The highest BCUT2D eigenvalue weighted by Gasteiger charge is 2.18. The molecule has 5 aromatic carbocycles. The summed E-state index contributed by atoms with van der Waals surface area (Å²) in [4.78, 5) is 16.4. The largest absolute Gasteiger partial charge is 0.493 e. The molecule has 0 N–H and O–H groups in total. The number of ether oxygens (including phenoxy) is 3. The van der Waals surface area contributed by atoms with Crippen LogP contribution in [-0.4, -0.2) is 21.9 Å². The third-order valence-electron chi connectivity index (χ3n) is 8.13. The van der Waals surface area contributed by atoms with Crippen LogP contribution in [-0.2, 0) is 24.4 Å². The maximum Gasteiger partial charge on any atom is 0.226 e. The Kier molecular flexibility index (Phi) is 8.38. The second-order valence-electron chi connectivity index (χ2n) is 11.2. The highest BCUT2D eigenvalue weighted by atomic mass is 35.5. The molecule has 0 atom stereocenters. The summed E-state index contributed by atoms with van der Waals surface area (Å²) in [6.45, 7) is 2.72. The van der Waals surface area contributed by atoms with Crippen molar-refractivity contribution in [2.24, 2.45) is 0 Å². The molecule has 7 rings (SSSR count). The first-order valence-corrected chi connectivity index (χ1v) is 15.6. The van der Waals surface area contributed by atoms with Gasteiger partial charge in [0.1, 0.15) is 29.6 Å². The Morgan fingerprint density at radius 2 is 1.55 bits per heavy atom. The molecule has 7 aromatic rings. The van der Waals surface area contributed by atoms with Crippen molar-refractivity contribution < 1.29 is 23.4 Å². The van der Waals surface area contributed by atoms with E-state index in [-0.39, 0.29) is 13.0 Å². The predicted molar refractivity (Wildman–Crippen MR) is 184 cm³/mol. The maximum absolute atomic E-state index is 11.7. The van der Waals surface area contributed by atoms with Gasteiger partial charge in [0.05, 0.1) is 24.4 Å². The molecule has 0 amide bonds. The van der Waals surface area contributed by atoms with Gasteiger partial charge in [0, 0.05) is 28.6 Å². The summed E-state index contributed by atoms with van der Waals surface area (Å²) in [6.07, 6.45) is 0.0872. The molecular formula is C39H31ClN2O5. The van der Waals surface area contributed by atoms with Crippen molar-refractivity contribution in [2.75, 3.05) is 7.11 Å². The summed E-state index contributed by atoms with van der Waals surface area (Å²) < 4.78 is 26.6. The van der Waals surface area contributed by atoms with E-state index in [2.05, 4.69) is 27.8 Å². The molecule has 0 aliphatic rings. The van der Waals surface area contributed by atoms with Gasteiger partial charge in [-0.25, -0.2) is 4.98 Å². The number of hydrogen-bond donors (Lipinski definition) is 0. The number of aromatic nitrogens is 2. The highest BCUT2D eigenvalue weighted by molar-refractivity contribution is 6.63. The molecule has 0 unspecified atom stereocenters. The van der Waals surface area contributed by atoms with E-state index in [1.807, 2.05) is 104 Å². The Morgan fingerprint density at radius 1 is 0.809 bits per heavy atom. The third kappa shape index (κ3) is 6.18. The van der Waals surface area contributed by atoms with Crippen LogP contribution in [0.25, 0.3) is 33.3 Å². The van der Waals surface area contributed by atoms with Crippen LogP contribution in [0.3, 0.4) is 0 Å². The molecule has 0 saturated carbocycles. The van der Waals surface area contributed by atoms with Crippen LogP contribution in [0.1, 0.15) is 22.6 Å². The number of carbonyl (C=O) groups excluding carboxylic acids is 1. The van der Waals surface area contributed by atoms with Crippen LogP contribution in [0.2, 0.25) is 0 Å². The van der Waals surface area contributed by atoms with E-state index >= 15 is 0 Å². The number of rotatable bonds is 11. The van der Waals surface area contributed by atoms with Gasteiger partial charge in [0.25, 0.3) is 0 Å². The summed E-state index contributed by atoms with van der Waals surface area (Å²) >= 11 is 5.72. The molecule has 0 aliphatic heterocycles. The number of oxazole rings is 1. The van der Waals surface area contributed by atoms with Gasteiger partial charge >= 0.3 is 0 Å². The number of methoxy groups -OCH3 is 1. The van der Waals surface area contributed by atoms with E-state index in [1.54, 1.807) is 7.11 Å². The molecular weight excluding hydrogens is 612 g/mol. The number of hydrogen-bond acceptors (Lipinski definition) is 6. The summed E-state index contributed by atoms with van der Waals surface area (Å²) in [6, 6.07) is 37.5. The van der Waals surface area contributed by atoms with E-state index in [9.17, 15) is 4.79 Å². The number of halogens is 1. The Balaban J connectivity index is 1.18. The van der Waals surface area contributed by atoms with Crippen molar-refractivity contribution in [3.63, 3.8) is 0 Å². The van der Waals surface area contributed by atoms with Crippen molar-refractivity contribution in [3.8, 4) is 34.5 Å². The number of fused-ring (bicyclic) bond motifs is 3. The fourth-order valence-electron chi connectivity index (χ4n) is 5.86. The molecule has 0 radical (unpaired) electrons. The van der Waals surface area contributed by atoms with Crippen LogP contribution in [0.4, 0.5) is 0 Å². The van der Waals surface area contributed by atoms with Crippen molar-refractivity contribution >= 4 is 38.6 Å². The fraction of sp³-hybridized carbons (Fsp3) is 0.128. The normalized spacial score (nSPS) is 11.2. The van der Waals surface area contributed by atoms with E-state index in [1.165, 1.54) is 0 Å². The van der Waals surface area contributed by atoms with Crippen molar-refractivity contribution in [1.29, 1.82) is 0 Å². The van der Waals surface area contributed by atoms with Crippen molar-refractivity contribution in [3.05, 3.63) is 138 Å². The molecule has 8 heteroatoms. The zero-order chi connectivity index (χ0) is 32.3. The minimum atomic E-state index is -0.437. The molecule has 0 spiro atoms. The standard InChI is InChI=1S/C39H31ClN2O5/c1-25-30(41-39(46-25)27-11-4-3-5-12-27)24-45-34-20-19-26(21-36(34)44-2)23-42-31-15-8-7-14-29(31)38-32(42)16-10-18-35(38)47-33-17-9-6-13-28(33)22-37(40)43/h3-21H,22-24H2,1-2H3. The number of aryl methyl sites for hydroxylation is 1. The quantitative estimate of drug-likeness (QED) is 0.131. The van der Waals surface area contributed by atoms with Gasteiger partial charge in [-0.2, -0.15) is 0 Å². The van der Waals surface area contributed by atoms with Crippen LogP contribution < -0.4 is 14.2 Å². The van der Waals surface area contributed by atoms with Crippen LogP contribution in [0.5, 0.6) is 23.0 Å². The average Bonchev–Trinajstić information content (AvgIpc) is 3.62. The van der Waals surface area contributed by atoms with Gasteiger partial charge in [-0.05, 0) is 72.6 Å². The molecule has 0 aliphatic carbocycles. The van der Waals surface area contributed by atoms with Gasteiger partial charge in [-0.15, -0.1) is 0 Å². The number of benzene rings is 5. The van der Waals surface area contributed by atoms with Crippen molar-refractivity contribution in [2.45, 2.75) is 26.5 Å². The summed E-state index contributed by atoms with van der Waals surface area (Å²) in [5, 5.41) is 1.61. The lowest BCUT2D eigenvalue weighted by Crippen LogP contribution is -2.02. The summed E-state index contributed by atoms with van der Waals surface area (Å²) in [5.41, 5.74) is 5.51. The minimum Gasteiger partial charge on any atom is -0.493 e. The molecule has 0 bridgehead atoms. The van der Waals surface area contributed by atoms with Gasteiger partial charge < -0.3 is 23.2 Å². The zero-order valence-electron chi connectivity index (χ0n) is 25.9. The van der Waals surface area contributed by atoms with E-state index in [0.717, 1.165) is 44.2 Å². The van der Waals surface area contributed by atoms with Crippen LogP contribution in [0, 0.1) is 6.92 Å².